The van der Waals surface area contributed by atoms with Crippen LogP contribution in [0.3, 0.4) is 0 Å². The molecular weight excluding hydrogens is 358 g/mol. The molecule has 0 aliphatic carbocycles. The molecule has 2 aromatic carbocycles. The Morgan fingerprint density at radius 2 is 1.78 bits per heavy atom. The standard InChI is InChI=1S/C21H25N3O2S/c1-16(25)22-18-8-10-19(11-9-18)27-15-21(26)24-13-12-23(2)14-20(24)17-6-4-3-5-7-17/h3-11,20H,12-15H2,1-2H3,(H,22,25)/t20-/m0/s1. The number of piperazine rings is 1. The summed E-state index contributed by atoms with van der Waals surface area (Å²) >= 11 is 1.53. The maximum Gasteiger partial charge on any atom is 0.233 e. The van der Waals surface area contributed by atoms with E-state index >= 15 is 0 Å². The first-order valence-corrected chi connectivity index (χ1v) is 10.0. The Kier molecular flexibility index (Phi) is 6.53. The molecule has 1 aliphatic rings. The minimum atomic E-state index is -0.0902. The molecule has 1 N–H and O–H groups in total. The van der Waals surface area contributed by atoms with Gasteiger partial charge in [-0.15, -0.1) is 11.8 Å². The van der Waals surface area contributed by atoms with Crippen LogP contribution in [0.15, 0.2) is 59.5 Å². The summed E-state index contributed by atoms with van der Waals surface area (Å²) in [5, 5.41) is 2.75. The summed E-state index contributed by atoms with van der Waals surface area (Å²) in [5.74, 6) is 0.479. The Balaban J connectivity index is 1.62. The number of carbonyl (C=O) groups is 2. The van der Waals surface area contributed by atoms with Crippen LogP contribution in [0, 0.1) is 0 Å². The van der Waals surface area contributed by atoms with E-state index in [1.807, 2.05) is 47.4 Å². The van der Waals surface area contributed by atoms with E-state index in [-0.39, 0.29) is 17.9 Å². The molecule has 0 unspecified atom stereocenters. The van der Waals surface area contributed by atoms with Gasteiger partial charge in [-0.1, -0.05) is 30.3 Å². The van der Waals surface area contributed by atoms with Crippen LogP contribution < -0.4 is 5.32 Å². The number of hydrogen-bond donors (Lipinski definition) is 1. The van der Waals surface area contributed by atoms with Crippen molar-refractivity contribution in [2.75, 3.05) is 37.8 Å². The third-order valence-corrected chi connectivity index (χ3v) is 5.62. The molecule has 0 aromatic heterocycles. The monoisotopic (exact) mass is 383 g/mol. The highest BCUT2D eigenvalue weighted by Crippen LogP contribution is 2.27. The summed E-state index contributed by atoms with van der Waals surface area (Å²) in [7, 11) is 2.10. The summed E-state index contributed by atoms with van der Waals surface area (Å²) in [6, 6.07) is 17.9. The third kappa shape index (κ3) is 5.34. The molecule has 1 heterocycles. The van der Waals surface area contributed by atoms with Gasteiger partial charge in [0.15, 0.2) is 0 Å². The number of rotatable bonds is 5. The number of nitrogens with zero attached hydrogens (tertiary/aromatic N) is 2. The molecule has 1 atom stereocenters. The summed E-state index contributed by atoms with van der Waals surface area (Å²) in [6.45, 7) is 3.98. The van der Waals surface area contributed by atoms with E-state index in [2.05, 4.69) is 29.4 Å². The lowest BCUT2D eigenvalue weighted by molar-refractivity contribution is -0.133. The maximum atomic E-state index is 12.9. The number of thioether (sulfide) groups is 1. The highest BCUT2D eigenvalue weighted by atomic mass is 32.2. The number of amides is 2. The van der Waals surface area contributed by atoms with E-state index in [1.165, 1.54) is 24.2 Å². The Labute approximate surface area is 164 Å². The van der Waals surface area contributed by atoms with Crippen molar-refractivity contribution >= 4 is 29.3 Å². The van der Waals surface area contributed by atoms with E-state index in [9.17, 15) is 9.59 Å². The van der Waals surface area contributed by atoms with Crippen LogP contribution in [0.2, 0.25) is 0 Å². The van der Waals surface area contributed by atoms with Crippen LogP contribution in [0.4, 0.5) is 5.69 Å². The molecule has 0 saturated carbocycles. The molecule has 0 spiro atoms. The Bertz CT molecular complexity index is 780. The van der Waals surface area contributed by atoms with Gasteiger partial charge in [-0.25, -0.2) is 0 Å². The molecule has 2 aromatic rings. The van der Waals surface area contributed by atoms with Gasteiger partial charge in [0.2, 0.25) is 11.8 Å². The highest BCUT2D eigenvalue weighted by molar-refractivity contribution is 8.00. The minimum absolute atomic E-state index is 0.0902. The second-order valence-electron chi connectivity index (χ2n) is 6.77. The number of nitrogens with one attached hydrogen (secondary N) is 1. The highest BCUT2D eigenvalue weighted by Gasteiger charge is 2.29. The largest absolute Gasteiger partial charge is 0.332 e. The summed E-state index contributed by atoms with van der Waals surface area (Å²) in [6.07, 6.45) is 0. The number of likely N-dealkylation sites (N-methyl/N-ethyl adjacent to an activating group) is 1. The van der Waals surface area contributed by atoms with Crippen molar-refractivity contribution in [3.05, 3.63) is 60.2 Å². The zero-order valence-electron chi connectivity index (χ0n) is 15.7. The number of benzene rings is 2. The fraction of sp³-hybridized carbons (Fsp3) is 0.333. The number of anilines is 1. The molecule has 1 saturated heterocycles. The minimum Gasteiger partial charge on any atom is -0.332 e. The lowest BCUT2D eigenvalue weighted by Crippen LogP contribution is -2.49. The molecule has 1 aliphatic heterocycles. The molecule has 5 nitrogen and oxygen atoms in total. The third-order valence-electron chi connectivity index (χ3n) is 4.63. The van der Waals surface area contributed by atoms with E-state index in [1.54, 1.807) is 0 Å². The first-order valence-electron chi connectivity index (χ1n) is 9.06. The van der Waals surface area contributed by atoms with Gasteiger partial charge in [0.05, 0.1) is 11.8 Å². The van der Waals surface area contributed by atoms with Crippen LogP contribution in [0.5, 0.6) is 0 Å². The zero-order valence-corrected chi connectivity index (χ0v) is 16.5. The van der Waals surface area contributed by atoms with Crippen LogP contribution in [-0.2, 0) is 9.59 Å². The maximum absolute atomic E-state index is 12.9. The summed E-state index contributed by atoms with van der Waals surface area (Å²) < 4.78 is 0. The van der Waals surface area contributed by atoms with Gasteiger partial charge in [-0.05, 0) is 36.9 Å². The fourth-order valence-electron chi connectivity index (χ4n) is 3.24. The van der Waals surface area contributed by atoms with Gasteiger partial charge < -0.3 is 15.1 Å². The molecule has 1 fully saturated rings. The zero-order chi connectivity index (χ0) is 19.2. The van der Waals surface area contributed by atoms with Gasteiger partial charge in [0.1, 0.15) is 0 Å². The lowest BCUT2D eigenvalue weighted by Gasteiger charge is -2.40. The normalized spacial score (nSPS) is 17.6. The van der Waals surface area contributed by atoms with Crippen molar-refractivity contribution in [2.24, 2.45) is 0 Å². The predicted octanol–water partition coefficient (Wildman–Crippen LogP) is 3.25. The molecule has 27 heavy (non-hydrogen) atoms. The van der Waals surface area contributed by atoms with Crippen molar-refractivity contribution in [3.8, 4) is 0 Å². The van der Waals surface area contributed by atoms with Crippen molar-refractivity contribution in [3.63, 3.8) is 0 Å². The van der Waals surface area contributed by atoms with Gasteiger partial charge in [0.25, 0.3) is 0 Å². The quantitative estimate of drug-likeness (QED) is 0.806. The van der Waals surface area contributed by atoms with Crippen molar-refractivity contribution in [2.45, 2.75) is 17.9 Å². The molecular formula is C21H25N3O2S. The van der Waals surface area contributed by atoms with Crippen LogP contribution in [0.25, 0.3) is 0 Å². The second kappa shape index (κ2) is 9.06. The van der Waals surface area contributed by atoms with Gasteiger partial charge in [-0.3, -0.25) is 9.59 Å². The van der Waals surface area contributed by atoms with E-state index in [0.29, 0.717) is 5.75 Å². The number of hydrogen-bond acceptors (Lipinski definition) is 4. The smallest absolute Gasteiger partial charge is 0.233 e. The summed E-state index contributed by atoms with van der Waals surface area (Å²) in [4.78, 5) is 29.3. The molecule has 3 rings (SSSR count). The van der Waals surface area contributed by atoms with E-state index in [4.69, 9.17) is 0 Å². The topological polar surface area (TPSA) is 52.7 Å². The molecule has 0 bridgehead atoms. The summed E-state index contributed by atoms with van der Waals surface area (Å²) in [5.41, 5.74) is 1.95. The van der Waals surface area contributed by atoms with Crippen LogP contribution in [0.1, 0.15) is 18.5 Å². The molecule has 6 heteroatoms. The second-order valence-corrected chi connectivity index (χ2v) is 7.82. The van der Waals surface area contributed by atoms with Crippen molar-refractivity contribution < 1.29 is 9.59 Å². The molecule has 142 valence electrons. The Morgan fingerprint density at radius 1 is 1.07 bits per heavy atom. The SMILES string of the molecule is CC(=O)Nc1ccc(SCC(=O)N2CCN(C)C[C@H]2c2ccccc2)cc1. The fourth-order valence-corrected chi connectivity index (χ4v) is 4.03. The Morgan fingerprint density at radius 3 is 2.44 bits per heavy atom. The first-order chi connectivity index (χ1) is 13.0. The van der Waals surface area contributed by atoms with Crippen LogP contribution >= 0.6 is 11.8 Å². The van der Waals surface area contributed by atoms with E-state index in [0.717, 1.165) is 30.2 Å². The lowest BCUT2D eigenvalue weighted by atomic mass is 10.0. The van der Waals surface area contributed by atoms with Gasteiger partial charge >= 0.3 is 0 Å². The van der Waals surface area contributed by atoms with Gasteiger partial charge in [0, 0.05) is 37.1 Å². The molecule has 2 amide bonds. The predicted molar refractivity (Wildman–Crippen MR) is 110 cm³/mol. The number of carbonyl (C=O) groups excluding carboxylic acids is 2. The van der Waals surface area contributed by atoms with Crippen LogP contribution in [-0.4, -0.2) is 54.0 Å². The van der Waals surface area contributed by atoms with Crippen molar-refractivity contribution in [1.29, 1.82) is 0 Å². The molecule has 0 radical (unpaired) electrons. The van der Waals surface area contributed by atoms with Gasteiger partial charge in [-0.2, -0.15) is 0 Å². The Hall–Kier alpha value is -2.31. The van der Waals surface area contributed by atoms with E-state index < -0.39 is 0 Å². The average molecular weight is 384 g/mol. The average Bonchev–Trinajstić information content (AvgIpc) is 2.67. The van der Waals surface area contributed by atoms with Crippen molar-refractivity contribution in [1.82, 2.24) is 9.80 Å². The first kappa shape index (κ1) is 19.5.